The number of rotatable bonds is 6. The molecule has 1 amide bonds. The van der Waals surface area contributed by atoms with Gasteiger partial charge in [-0.2, -0.15) is 0 Å². The fraction of sp³-hybridized carbons (Fsp3) is 0.214. The molecular weight excluding hydrogens is 246 g/mol. The molecule has 0 fully saturated rings. The average Bonchev–Trinajstić information content (AvgIpc) is 2.35. The van der Waals surface area contributed by atoms with Crippen LogP contribution in [0.25, 0.3) is 0 Å². The summed E-state index contributed by atoms with van der Waals surface area (Å²) in [4.78, 5) is 34.1. The minimum Gasteiger partial charge on any atom is -0.458 e. The van der Waals surface area contributed by atoms with Crippen molar-refractivity contribution in [3.8, 4) is 0 Å². The molecule has 0 aliphatic rings. The Morgan fingerprint density at radius 2 is 2.00 bits per heavy atom. The number of hydrogen-bond acceptors (Lipinski definition) is 4. The van der Waals surface area contributed by atoms with Crippen molar-refractivity contribution >= 4 is 23.3 Å². The molecule has 1 rings (SSSR count). The summed E-state index contributed by atoms with van der Waals surface area (Å²) in [5.41, 5.74) is 0.559. The van der Waals surface area contributed by atoms with E-state index in [2.05, 4.69) is 11.9 Å². The summed E-state index contributed by atoms with van der Waals surface area (Å²) in [5, 5.41) is 2.51. The highest BCUT2D eigenvalue weighted by molar-refractivity contribution is 6.06. The molecule has 1 aromatic rings. The van der Waals surface area contributed by atoms with Crippen molar-refractivity contribution < 1.29 is 19.1 Å². The van der Waals surface area contributed by atoms with Crippen LogP contribution in [0.1, 0.15) is 23.7 Å². The molecule has 1 aromatic carbocycles. The zero-order valence-electron chi connectivity index (χ0n) is 10.6. The van der Waals surface area contributed by atoms with Crippen molar-refractivity contribution in [3.63, 3.8) is 0 Å². The molecule has 5 nitrogen and oxygen atoms in total. The molecule has 5 heteroatoms. The minimum absolute atomic E-state index is 0.0918. The molecule has 19 heavy (non-hydrogen) atoms. The van der Waals surface area contributed by atoms with E-state index in [-0.39, 0.29) is 24.4 Å². The maximum absolute atomic E-state index is 11.7. The van der Waals surface area contributed by atoms with E-state index in [1.165, 1.54) is 19.1 Å². The first-order chi connectivity index (χ1) is 9.04. The van der Waals surface area contributed by atoms with Crippen molar-refractivity contribution in [3.05, 3.63) is 42.5 Å². The number of anilines is 1. The molecule has 0 heterocycles. The van der Waals surface area contributed by atoms with E-state index < -0.39 is 11.9 Å². The van der Waals surface area contributed by atoms with Gasteiger partial charge in [0.15, 0.2) is 0 Å². The van der Waals surface area contributed by atoms with Gasteiger partial charge in [0.2, 0.25) is 5.91 Å². The van der Waals surface area contributed by atoms with Gasteiger partial charge in [-0.15, -0.1) is 0 Å². The third-order valence-electron chi connectivity index (χ3n) is 2.16. The van der Waals surface area contributed by atoms with Crippen molar-refractivity contribution in [2.45, 2.75) is 13.3 Å². The van der Waals surface area contributed by atoms with Gasteiger partial charge in [-0.1, -0.05) is 24.8 Å². The van der Waals surface area contributed by atoms with E-state index in [0.717, 1.165) is 0 Å². The predicted molar refractivity (Wildman–Crippen MR) is 70.8 cm³/mol. The molecule has 0 aliphatic carbocycles. The normalized spacial score (nSPS) is 9.53. The van der Waals surface area contributed by atoms with Crippen LogP contribution in [0.3, 0.4) is 0 Å². The summed E-state index contributed by atoms with van der Waals surface area (Å²) in [6, 6.07) is 6.44. The van der Waals surface area contributed by atoms with Crippen LogP contribution in [0.4, 0.5) is 5.69 Å². The monoisotopic (exact) mass is 261 g/mol. The maximum atomic E-state index is 11.7. The number of nitrogens with one attached hydrogen (secondary N) is 1. The van der Waals surface area contributed by atoms with Crippen LogP contribution in [0.2, 0.25) is 0 Å². The first-order valence-corrected chi connectivity index (χ1v) is 5.71. The van der Waals surface area contributed by atoms with Gasteiger partial charge in [0.25, 0.3) is 0 Å². The Balaban J connectivity index is 2.83. The Kier molecular flexibility index (Phi) is 5.47. The number of hydrogen-bond donors (Lipinski definition) is 1. The zero-order valence-corrected chi connectivity index (χ0v) is 10.6. The standard InChI is InChI=1S/C14H15NO4/c1-3-8-19-14(18)11-6-4-5-7-12(11)15-13(17)9-10(2)16/h3-7H,1,8-9H2,2H3,(H,15,17). The van der Waals surface area contributed by atoms with E-state index in [9.17, 15) is 14.4 Å². The van der Waals surface area contributed by atoms with E-state index in [1.807, 2.05) is 0 Å². The highest BCUT2D eigenvalue weighted by Gasteiger charge is 2.14. The summed E-state index contributed by atoms with van der Waals surface area (Å²) < 4.78 is 4.91. The average molecular weight is 261 g/mol. The molecule has 0 atom stereocenters. The first-order valence-electron chi connectivity index (χ1n) is 5.71. The topological polar surface area (TPSA) is 72.5 Å². The lowest BCUT2D eigenvalue weighted by molar-refractivity contribution is -0.124. The second-order valence-corrected chi connectivity index (χ2v) is 3.86. The summed E-state index contributed by atoms with van der Waals surface area (Å²) >= 11 is 0. The van der Waals surface area contributed by atoms with Crippen LogP contribution >= 0.6 is 0 Å². The molecule has 0 bridgehead atoms. The molecular formula is C14H15NO4. The number of para-hydroxylation sites is 1. The number of carbonyl (C=O) groups excluding carboxylic acids is 3. The molecule has 0 saturated carbocycles. The minimum atomic E-state index is -0.557. The molecule has 0 unspecified atom stereocenters. The van der Waals surface area contributed by atoms with Gasteiger partial charge in [-0.3, -0.25) is 9.59 Å². The number of amides is 1. The second-order valence-electron chi connectivity index (χ2n) is 3.86. The van der Waals surface area contributed by atoms with Gasteiger partial charge in [0.05, 0.1) is 17.7 Å². The van der Waals surface area contributed by atoms with Crippen molar-refractivity contribution in [2.75, 3.05) is 11.9 Å². The highest BCUT2D eigenvalue weighted by Crippen LogP contribution is 2.16. The van der Waals surface area contributed by atoms with E-state index in [0.29, 0.717) is 5.69 Å². The Morgan fingerprint density at radius 1 is 1.32 bits per heavy atom. The molecule has 0 radical (unpaired) electrons. The van der Waals surface area contributed by atoms with E-state index >= 15 is 0 Å². The lowest BCUT2D eigenvalue weighted by atomic mass is 10.1. The molecule has 0 aromatic heterocycles. The predicted octanol–water partition coefficient (Wildman–Crippen LogP) is 1.95. The van der Waals surface area contributed by atoms with Crippen molar-refractivity contribution in [1.29, 1.82) is 0 Å². The summed E-state index contributed by atoms with van der Waals surface area (Å²) in [7, 11) is 0. The molecule has 0 spiro atoms. The number of carbonyl (C=O) groups is 3. The number of esters is 1. The molecule has 0 aliphatic heterocycles. The molecule has 0 saturated heterocycles. The van der Waals surface area contributed by atoms with Gasteiger partial charge in [0.1, 0.15) is 12.4 Å². The van der Waals surface area contributed by atoms with E-state index in [4.69, 9.17) is 4.74 Å². The zero-order chi connectivity index (χ0) is 14.3. The van der Waals surface area contributed by atoms with Crippen LogP contribution in [0.15, 0.2) is 36.9 Å². The van der Waals surface area contributed by atoms with E-state index in [1.54, 1.807) is 18.2 Å². The fourth-order valence-corrected chi connectivity index (χ4v) is 1.40. The third kappa shape index (κ3) is 4.75. The first kappa shape index (κ1) is 14.6. The number of ether oxygens (including phenoxy) is 1. The van der Waals surface area contributed by atoms with Crippen molar-refractivity contribution in [2.24, 2.45) is 0 Å². The van der Waals surface area contributed by atoms with Crippen molar-refractivity contribution in [1.82, 2.24) is 0 Å². The van der Waals surface area contributed by atoms with Gasteiger partial charge in [0, 0.05) is 0 Å². The van der Waals surface area contributed by atoms with Crippen LogP contribution in [0.5, 0.6) is 0 Å². The Hall–Kier alpha value is -2.43. The molecule has 100 valence electrons. The Labute approximate surface area is 111 Å². The highest BCUT2D eigenvalue weighted by atomic mass is 16.5. The maximum Gasteiger partial charge on any atom is 0.340 e. The number of Topliss-reactive ketones (excluding diaryl/α,β-unsaturated/α-hetero) is 1. The van der Waals surface area contributed by atoms with Gasteiger partial charge in [-0.05, 0) is 19.1 Å². The number of benzene rings is 1. The largest absolute Gasteiger partial charge is 0.458 e. The quantitative estimate of drug-likeness (QED) is 0.482. The Morgan fingerprint density at radius 3 is 2.63 bits per heavy atom. The molecule has 1 N–H and O–H groups in total. The summed E-state index contributed by atoms with van der Waals surface area (Å²) in [5.74, 6) is -1.26. The lowest BCUT2D eigenvalue weighted by Gasteiger charge is -2.09. The van der Waals surface area contributed by atoms with Crippen LogP contribution in [0, 0.1) is 0 Å². The second kappa shape index (κ2) is 7.10. The van der Waals surface area contributed by atoms with Gasteiger partial charge in [-0.25, -0.2) is 4.79 Å². The Bertz CT molecular complexity index is 508. The summed E-state index contributed by atoms with van der Waals surface area (Å²) in [6.07, 6.45) is 1.23. The third-order valence-corrected chi connectivity index (χ3v) is 2.16. The van der Waals surface area contributed by atoms with Gasteiger partial charge >= 0.3 is 5.97 Å². The smallest absolute Gasteiger partial charge is 0.340 e. The fourth-order valence-electron chi connectivity index (χ4n) is 1.40. The van der Waals surface area contributed by atoms with Gasteiger partial charge < -0.3 is 10.1 Å². The van der Waals surface area contributed by atoms with Crippen LogP contribution in [-0.4, -0.2) is 24.3 Å². The SMILES string of the molecule is C=CCOC(=O)c1ccccc1NC(=O)CC(C)=O. The van der Waals surface area contributed by atoms with Crippen LogP contribution < -0.4 is 5.32 Å². The number of ketones is 1. The lowest BCUT2D eigenvalue weighted by Crippen LogP contribution is -2.17. The van der Waals surface area contributed by atoms with Crippen LogP contribution in [-0.2, 0) is 14.3 Å². The summed E-state index contributed by atoms with van der Waals surface area (Å²) in [6.45, 7) is 4.86.